The number of hydrogen-bond donors (Lipinski definition) is 1. The molecule has 0 saturated carbocycles. The summed E-state index contributed by atoms with van der Waals surface area (Å²) in [6.45, 7) is 11.1. The Labute approximate surface area is 162 Å². The summed E-state index contributed by atoms with van der Waals surface area (Å²) in [5.74, 6) is 0.455. The van der Waals surface area contributed by atoms with Crippen LogP contribution in [0, 0.1) is 12.8 Å². The number of carbonyl (C=O) groups is 1. The average molecular weight is 392 g/mol. The maximum Gasteiger partial charge on any atom is 0.240 e. The normalized spacial score (nSPS) is 29.3. The molecule has 0 spiro atoms. The molecule has 3 saturated heterocycles. The van der Waals surface area contributed by atoms with Crippen molar-refractivity contribution in [3.05, 3.63) is 23.3 Å². The first kappa shape index (κ1) is 18.9. The van der Waals surface area contributed by atoms with Gasteiger partial charge in [-0.15, -0.1) is 0 Å². The summed E-state index contributed by atoms with van der Waals surface area (Å²) >= 11 is 0. The maximum atomic E-state index is 13.1. The van der Waals surface area contributed by atoms with Crippen LogP contribution in [0.1, 0.15) is 44.7 Å². The monoisotopic (exact) mass is 391 g/mol. The molecule has 2 bridgehead atoms. The van der Waals surface area contributed by atoms with Gasteiger partial charge >= 0.3 is 0 Å². The molecule has 6 nitrogen and oxygen atoms in total. The molecule has 27 heavy (non-hydrogen) atoms. The molecule has 148 valence electrons. The fourth-order valence-electron chi connectivity index (χ4n) is 4.96. The van der Waals surface area contributed by atoms with Gasteiger partial charge in [-0.2, -0.15) is 0 Å². The fourth-order valence-corrected chi connectivity index (χ4v) is 6.36. The summed E-state index contributed by atoms with van der Waals surface area (Å²) in [6, 6.07) is 3.40. The highest BCUT2D eigenvalue weighted by molar-refractivity contribution is 7.89. The fraction of sp³-hybridized carbons (Fsp3) is 0.650. The Morgan fingerprint density at radius 1 is 1.22 bits per heavy atom. The molecule has 1 aromatic rings. The standard InChI is InChI=1S/C20H29N3O3S/c1-5-23-18-13(2)10-15(11-16(18)20(3,4)19(23)24)27(25,26)21-17-12-22-8-6-14(17)7-9-22/h10-11,14,17,21H,5-9,12H2,1-4H3. The van der Waals surface area contributed by atoms with Crippen molar-refractivity contribution in [1.82, 2.24) is 9.62 Å². The molecule has 0 radical (unpaired) electrons. The van der Waals surface area contributed by atoms with Gasteiger partial charge in [-0.3, -0.25) is 4.79 Å². The van der Waals surface area contributed by atoms with Gasteiger partial charge in [0.15, 0.2) is 0 Å². The van der Waals surface area contributed by atoms with Crippen LogP contribution in [-0.4, -0.2) is 51.4 Å². The number of fused-ring (bicyclic) bond motifs is 4. The van der Waals surface area contributed by atoms with E-state index in [-0.39, 0.29) is 16.8 Å². The predicted octanol–water partition coefficient (Wildman–Crippen LogP) is 2.01. The van der Waals surface area contributed by atoms with Crippen LogP contribution in [0.25, 0.3) is 0 Å². The van der Waals surface area contributed by atoms with E-state index in [2.05, 4.69) is 9.62 Å². The Morgan fingerprint density at radius 3 is 2.44 bits per heavy atom. The third-order valence-electron chi connectivity index (χ3n) is 6.59. The van der Waals surface area contributed by atoms with Gasteiger partial charge in [0.05, 0.1) is 16.0 Å². The molecule has 3 fully saturated rings. The summed E-state index contributed by atoms with van der Waals surface area (Å²) in [4.78, 5) is 17.2. The molecular formula is C20H29N3O3S. The molecule has 0 aliphatic carbocycles. The second-order valence-corrected chi connectivity index (χ2v) is 10.4. The Balaban J connectivity index is 1.70. The molecule has 1 unspecified atom stereocenters. The number of likely N-dealkylation sites (N-methyl/N-ethyl adjacent to an activating group) is 1. The van der Waals surface area contributed by atoms with Gasteiger partial charge in [-0.1, -0.05) is 0 Å². The number of rotatable bonds is 4. The Hall–Kier alpha value is -1.44. The number of anilines is 1. The zero-order chi connectivity index (χ0) is 19.6. The number of amides is 1. The molecule has 1 atom stereocenters. The van der Waals surface area contributed by atoms with Crippen LogP contribution in [0.4, 0.5) is 5.69 Å². The number of nitrogens with one attached hydrogen (secondary N) is 1. The second kappa shape index (κ2) is 6.29. The average Bonchev–Trinajstić information content (AvgIpc) is 2.82. The summed E-state index contributed by atoms with van der Waals surface area (Å²) in [7, 11) is -3.62. The summed E-state index contributed by atoms with van der Waals surface area (Å²) in [5, 5.41) is 0. The van der Waals surface area contributed by atoms with E-state index < -0.39 is 15.4 Å². The summed E-state index contributed by atoms with van der Waals surface area (Å²) in [5.41, 5.74) is 1.80. The van der Waals surface area contributed by atoms with E-state index in [1.165, 1.54) is 0 Å². The molecule has 1 aromatic carbocycles. The number of carbonyl (C=O) groups excluding carboxylic acids is 1. The first-order valence-electron chi connectivity index (χ1n) is 9.87. The quantitative estimate of drug-likeness (QED) is 0.852. The molecule has 5 rings (SSSR count). The highest BCUT2D eigenvalue weighted by Crippen LogP contribution is 2.44. The lowest BCUT2D eigenvalue weighted by atomic mass is 9.85. The van der Waals surface area contributed by atoms with E-state index in [1.54, 1.807) is 17.0 Å². The topological polar surface area (TPSA) is 69.7 Å². The predicted molar refractivity (Wildman–Crippen MR) is 106 cm³/mol. The maximum absolute atomic E-state index is 13.1. The van der Waals surface area contributed by atoms with Gasteiger partial charge in [-0.25, -0.2) is 13.1 Å². The van der Waals surface area contributed by atoms with E-state index in [4.69, 9.17) is 0 Å². The van der Waals surface area contributed by atoms with Crippen LogP contribution in [0.5, 0.6) is 0 Å². The number of sulfonamides is 1. The van der Waals surface area contributed by atoms with Gasteiger partial charge in [-0.05, 0) is 82.8 Å². The van der Waals surface area contributed by atoms with Crippen LogP contribution in [0.15, 0.2) is 17.0 Å². The first-order valence-corrected chi connectivity index (χ1v) is 11.3. The molecule has 1 amide bonds. The highest BCUT2D eigenvalue weighted by Gasteiger charge is 2.45. The third-order valence-corrected chi connectivity index (χ3v) is 8.06. The van der Waals surface area contributed by atoms with Crippen molar-refractivity contribution < 1.29 is 13.2 Å². The minimum atomic E-state index is -3.62. The molecule has 4 aliphatic rings. The lowest BCUT2D eigenvalue weighted by Gasteiger charge is -2.44. The zero-order valence-corrected chi connectivity index (χ0v) is 17.4. The van der Waals surface area contributed by atoms with Crippen molar-refractivity contribution in [3.8, 4) is 0 Å². The second-order valence-electron chi connectivity index (χ2n) is 8.68. The number of benzene rings is 1. The largest absolute Gasteiger partial charge is 0.311 e. The summed E-state index contributed by atoms with van der Waals surface area (Å²) < 4.78 is 29.2. The number of nitrogens with zero attached hydrogens (tertiary/aromatic N) is 2. The first-order chi connectivity index (χ1) is 12.6. The van der Waals surface area contributed by atoms with Gasteiger partial charge in [0.25, 0.3) is 0 Å². The highest BCUT2D eigenvalue weighted by atomic mass is 32.2. The molecule has 0 aromatic heterocycles. The van der Waals surface area contributed by atoms with Crippen molar-refractivity contribution >= 4 is 21.6 Å². The lowest BCUT2D eigenvalue weighted by Crippen LogP contribution is -2.57. The van der Waals surface area contributed by atoms with Crippen molar-refractivity contribution in [2.45, 2.75) is 56.9 Å². The van der Waals surface area contributed by atoms with Gasteiger partial charge < -0.3 is 9.80 Å². The SMILES string of the molecule is CCN1C(=O)C(C)(C)c2cc(S(=O)(=O)NC3CN4CCC3CC4)cc(C)c21. The minimum Gasteiger partial charge on any atom is -0.311 e. The molecule has 4 heterocycles. The Morgan fingerprint density at radius 2 is 1.89 bits per heavy atom. The Kier molecular flexibility index (Phi) is 4.40. The van der Waals surface area contributed by atoms with E-state index in [0.29, 0.717) is 12.5 Å². The van der Waals surface area contributed by atoms with E-state index >= 15 is 0 Å². The zero-order valence-electron chi connectivity index (χ0n) is 16.6. The van der Waals surface area contributed by atoms with E-state index in [0.717, 1.165) is 49.3 Å². The number of hydrogen-bond acceptors (Lipinski definition) is 4. The van der Waals surface area contributed by atoms with Crippen LogP contribution >= 0.6 is 0 Å². The molecular weight excluding hydrogens is 362 g/mol. The summed E-state index contributed by atoms with van der Waals surface area (Å²) in [6.07, 6.45) is 2.12. The lowest BCUT2D eigenvalue weighted by molar-refractivity contribution is -0.122. The van der Waals surface area contributed by atoms with E-state index in [9.17, 15) is 13.2 Å². The van der Waals surface area contributed by atoms with Gasteiger partial charge in [0, 0.05) is 19.1 Å². The van der Waals surface area contributed by atoms with Gasteiger partial charge in [0.2, 0.25) is 15.9 Å². The van der Waals surface area contributed by atoms with Crippen molar-refractivity contribution in [1.29, 1.82) is 0 Å². The number of aryl methyl sites for hydroxylation is 1. The van der Waals surface area contributed by atoms with Crippen LogP contribution < -0.4 is 9.62 Å². The van der Waals surface area contributed by atoms with Gasteiger partial charge in [0.1, 0.15) is 0 Å². The van der Waals surface area contributed by atoms with Crippen LogP contribution in [0.2, 0.25) is 0 Å². The van der Waals surface area contributed by atoms with Crippen molar-refractivity contribution in [2.75, 3.05) is 31.1 Å². The minimum absolute atomic E-state index is 0.0205. The van der Waals surface area contributed by atoms with E-state index in [1.807, 2.05) is 27.7 Å². The third kappa shape index (κ3) is 2.91. The van der Waals surface area contributed by atoms with Crippen LogP contribution in [-0.2, 0) is 20.2 Å². The number of piperidine rings is 3. The van der Waals surface area contributed by atoms with Crippen LogP contribution in [0.3, 0.4) is 0 Å². The Bertz CT molecular complexity index is 886. The smallest absolute Gasteiger partial charge is 0.240 e. The molecule has 4 aliphatic heterocycles. The van der Waals surface area contributed by atoms with Crippen molar-refractivity contribution in [2.24, 2.45) is 5.92 Å². The molecule has 1 N–H and O–H groups in total. The van der Waals surface area contributed by atoms with Crippen molar-refractivity contribution in [3.63, 3.8) is 0 Å². The molecule has 7 heteroatoms.